The first-order valence-corrected chi connectivity index (χ1v) is 9.75. The number of fused-ring (bicyclic) bond motifs is 1. The summed E-state index contributed by atoms with van der Waals surface area (Å²) < 4.78 is 5.84. The molecule has 1 aromatic heterocycles. The number of thiophene rings is 1. The molecule has 4 heteroatoms. The number of β-amino-alcohol motifs (C(OH)–C–C–N with tert-alkyl or cyclic N) is 1. The van der Waals surface area contributed by atoms with Crippen LogP contribution in [0.15, 0.2) is 60.0 Å². The van der Waals surface area contributed by atoms with Gasteiger partial charge in [0.25, 0.3) is 0 Å². The Hall–Kier alpha value is -1.88. The van der Waals surface area contributed by atoms with Gasteiger partial charge in [0, 0.05) is 17.5 Å². The molecule has 25 heavy (non-hydrogen) atoms. The molecule has 0 saturated carbocycles. The molecule has 1 fully saturated rings. The molecule has 0 radical (unpaired) electrons. The monoisotopic (exact) mass is 353 g/mol. The molecule has 1 saturated heterocycles. The van der Waals surface area contributed by atoms with Gasteiger partial charge in [-0.25, -0.2) is 0 Å². The molecule has 4 rings (SSSR count). The average molecular weight is 353 g/mol. The number of hydrogen-bond donors (Lipinski definition) is 1. The predicted molar refractivity (Wildman–Crippen MR) is 103 cm³/mol. The van der Waals surface area contributed by atoms with Crippen molar-refractivity contribution in [1.29, 1.82) is 0 Å². The van der Waals surface area contributed by atoms with Crippen LogP contribution >= 0.6 is 11.3 Å². The standard InChI is InChI=1S/C21H23NO2S/c23-18(14-22-11-3-7-20(22)21-8-4-12-25-21)15-24-19-10-9-16-5-1-2-6-17(16)13-19/h1-2,4-6,8-10,12-13,18,20,23H,3,7,11,14-15H2/t18-,20-/m1/s1. The number of rotatable bonds is 6. The third-order valence-corrected chi connectivity index (χ3v) is 5.82. The largest absolute Gasteiger partial charge is 0.491 e. The van der Waals surface area contributed by atoms with Crippen molar-refractivity contribution in [3.63, 3.8) is 0 Å². The molecular weight excluding hydrogens is 330 g/mol. The minimum absolute atomic E-state index is 0.325. The lowest BCUT2D eigenvalue weighted by Crippen LogP contribution is -2.35. The molecule has 0 unspecified atom stereocenters. The maximum Gasteiger partial charge on any atom is 0.120 e. The molecular formula is C21H23NO2S. The summed E-state index contributed by atoms with van der Waals surface area (Å²) in [5, 5.41) is 14.9. The Kier molecular flexibility index (Phi) is 5.02. The number of likely N-dealkylation sites (tertiary alicyclic amines) is 1. The topological polar surface area (TPSA) is 32.7 Å². The third-order valence-electron chi connectivity index (χ3n) is 4.84. The molecule has 3 aromatic rings. The maximum absolute atomic E-state index is 10.4. The molecule has 2 aromatic carbocycles. The van der Waals surface area contributed by atoms with Gasteiger partial charge in [-0.15, -0.1) is 11.3 Å². The number of aliphatic hydroxyl groups is 1. The van der Waals surface area contributed by atoms with Crippen LogP contribution in [-0.2, 0) is 0 Å². The molecule has 1 aliphatic heterocycles. The van der Waals surface area contributed by atoms with Crippen LogP contribution in [0.3, 0.4) is 0 Å². The highest BCUT2D eigenvalue weighted by Gasteiger charge is 2.28. The van der Waals surface area contributed by atoms with Crippen LogP contribution in [0.1, 0.15) is 23.8 Å². The molecule has 0 bridgehead atoms. The highest BCUT2D eigenvalue weighted by atomic mass is 32.1. The Morgan fingerprint density at radius 2 is 2.00 bits per heavy atom. The SMILES string of the molecule is O[C@@H](COc1ccc2ccccc2c1)CN1CCC[C@@H]1c1cccs1. The van der Waals surface area contributed by atoms with Gasteiger partial charge in [-0.05, 0) is 53.7 Å². The third kappa shape index (κ3) is 3.87. The van der Waals surface area contributed by atoms with E-state index >= 15 is 0 Å². The quantitative estimate of drug-likeness (QED) is 0.709. The Morgan fingerprint density at radius 3 is 2.84 bits per heavy atom. The van der Waals surface area contributed by atoms with Crippen LogP contribution in [0.5, 0.6) is 5.75 Å². The van der Waals surface area contributed by atoms with Gasteiger partial charge >= 0.3 is 0 Å². The van der Waals surface area contributed by atoms with Crippen LogP contribution < -0.4 is 4.74 Å². The first kappa shape index (κ1) is 16.6. The van der Waals surface area contributed by atoms with E-state index in [-0.39, 0.29) is 0 Å². The molecule has 0 amide bonds. The van der Waals surface area contributed by atoms with Crippen molar-refractivity contribution in [3.8, 4) is 5.75 Å². The van der Waals surface area contributed by atoms with Crippen LogP contribution in [0, 0.1) is 0 Å². The fraction of sp³-hybridized carbons (Fsp3) is 0.333. The predicted octanol–water partition coefficient (Wildman–Crippen LogP) is 4.48. The van der Waals surface area contributed by atoms with Crippen molar-refractivity contribution in [2.24, 2.45) is 0 Å². The summed E-state index contributed by atoms with van der Waals surface area (Å²) in [4.78, 5) is 3.79. The van der Waals surface area contributed by atoms with Crippen LogP contribution in [0.25, 0.3) is 10.8 Å². The van der Waals surface area contributed by atoms with Gasteiger partial charge in [0.05, 0.1) is 0 Å². The van der Waals surface area contributed by atoms with E-state index in [2.05, 4.69) is 40.6 Å². The highest BCUT2D eigenvalue weighted by molar-refractivity contribution is 7.10. The van der Waals surface area contributed by atoms with E-state index in [1.807, 2.05) is 35.6 Å². The van der Waals surface area contributed by atoms with Crippen LogP contribution in [-0.4, -0.2) is 35.8 Å². The van der Waals surface area contributed by atoms with E-state index in [1.54, 1.807) is 0 Å². The lowest BCUT2D eigenvalue weighted by Gasteiger charge is -2.26. The van der Waals surface area contributed by atoms with Crippen LogP contribution in [0.4, 0.5) is 0 Å². The summed E-state index contributed by atoms with van der Waals surface area (Å²) in [6.07, 6.45) is 1.89. The number of ether oxygens (including phenoxy) is 1. The molecule has 2 atom stereocenters. The molecule has 0 aliphatic carbocycles. The first-order valence-electron chi connectivity index (χ1n) is 8.87. The van der Waals surface area contributed by atoms with E-state index in [0.29, 0.717) is 19.2 Å². The Balaban J connectivity index is 1.34. The smallest absolute Gasteiger partial charge is 0.120 e. The number of hydrogen-bond acceptors (Lipinski definition) is 4. The molecule has 1 aliphatic rings. The Morgan fingerprint density at radius 1 is 1.12 bits per heavy atom. The van der Waals surface area contributed by atoms with Gasteiger partial charge in [0.2, 0.25) is 0 Å². The van der Waals surface area contributed by atoms with Crippen molar-refractivity contribution in [2.75, 3.05) is 19.7 Å². The van der Waals surface area contributed by atoms with Gasteiger partial charge in [0.1, 0.15) is 18.5 Å². The molecule has 3 nitrogen and oxygen atoms in total. The number of nitrogens with zero attached hydrogens (tertiary/aromatic N) is 1. The van der Waals surface area contributed by atoms with Crippen LogP contribution in [0.2, 0.25) is 0 Å². The minimum atomic E-state index is -0.480. The number of aliphatic hydroxyl groups excluding tert-OH is 1. The summed E-state index contributed by atoms with van der Waals surface area (Å²) in [5.41, 5.74) is 0. The van der Waals surface area contributed by atoms with E-state index in [1.165, 1.54) is 23.1 Å². The Bertz CT molecular complexity index is 818. The second-order valence-electron chi connectivity index (χ2n) is 6.64. The molecule has 130 valence electrons. The van der Waals surface area contributed by atoms with Gasteiger partial charge < -0.3 is 9.84 Å². The highest BCUT2D eigenvalue weighted by Crippen LogP contribution is 2.34. The van der Waals surface area contributed by atoms with Gasteiger partial charge in [0.15, 0.2) is 0 Å². The summed E-state index contributed by atoms with van der Waals surface area (Å²) in [7, 11) is 0. The molecule has 1 N–H and O–H groups in total. The average Bonchev–Trinajstić information content (AvgIpc) is 3.31. The second kappa shape index (κ2) is 7.56. The maximum atomic E-state index is 10.4. The summed E-state index contributed by atoms with van der Waals surface area (Å²) in [5.74, 6) is 0.814. The summed E-state index contributed by atoms with van der Waals surface area (Å²) in [6.45, 7) is 2.04. The van der Waals surface area contributed by atoms with Gasteiger partial charge in [-0.3, -0.25) is 4.90 Å². The van der Waals surface area contributed by atoms with Crippen molar-refractivity contribution in [2.45, 2.75) is 25.0 Å². The van der Waals surface area contributed by atoms with Crippen molar-refractivity contribution < 1.29 is 9.84 Å². The Labute approximate surface area is 152 Å². The van der Waals surface area contributed by atoms with Crippen molar-refractivity contribution in [1.82, 2.24) is 4.90 Å². The van der Waals surface area contributed by atoms with E-state index in [0.717, 1.165) is 17.7 Å². The summed E-state index contributed by atoms with van der Waals surface area (Å²) >= 11 is 1.81. The lowest BCUT2D eigenvalue weighted by molar-refractivity contribution is 0.0643. The zero-order valence-corrected chi connectivity index (χ0v) is 15.0. The van der Waals surface area contributed by atoms with Gasteiger partial charge in [-0.2, -0.15) is 0 Å². The first-order chi connectivity index (χ1) is 12.3. The van der Waals surface area contributed by atoms with E-state index in [9.17, 15) is 5.11 Å². The lowest BCUT2D eigenvalue weighted by atomic mass is 10.1. The minimum Gasteiger partial charge on any atom is -0.491 e. The molecule has 2 heterocycles. The normalized spacial score (nSPS) is 19.3. The van der Waals surface area contributed by atoms with Crippen molar-refractivity contribution >= 4 is 22.1 Å². The van der Waals surface area contributed by atoms with Gasteiger partial charge in [-0.1, -0.05) is 36.4 Å². The molecule has 0 spiro atoms. The number of benzene rings is 2. The zero-order chi connectivity index (χ0) is 17.1. The summed E-state index contributed by atoms with van der Waals surface area (Å²) in [6, 6.07) is 19.1. The van der Waals surface area contributed by atoms with E-state index < -0.39 is 6.10 Å². The zero-order valence-electron chi connectivity index (χ0n) is 14.2. The second-order valence-corrected chi connectivity index (χ2v) is 7.62. The van der Waals surface area contributed by atoms with E-state index in [4.69, 9.17) is 4.74 Å². The van der Waals surface area contributed by atoms with Crippen molar-refractivity contribution in [3.05, 3.63) is 64.9 Å². The fourth-order valence-corrected chi connectivity index (χ4v) is 4.52. The fourth-order valence-electron chi connectivity index (χ4n) is 3.62.